The van der Waals surface area contributed by atoms with Gasteiger partial charge in [-0.2, -0.15) is 0 Å². The lowest BCUT2D eigenvalue weighted by atomic mass is 10.2. The summed E-state index contributed by atoms with van der Waals surface area (Å²) in [6.45, 7) is 0.845. The Kier molecular flexibility index (Phi) is 6.32. The van der Waals surface area contributed by atoms with E-state index in [2.05, 4.69) is 10.6 Å². The predicted molar refractivity (Wildman–Crippen MR) is 74.9 cm³/mol. The highest BCUT2D eigenvalue weighted by atomic mass is 35.5. The molecule has 0 heterocycles. The van der Waals surface area contributed by atoms with Crippen LogP contribution in [0, 0.1) is 0 Å². The molecular weight excluding hydrogens is 266 g/mol. The first-order chi connectivity index (χ1) is 9.01. The minimum absolute atomic E-state index is 0.000336. The summed E-state index contributed by atoms with van der Waals surface area (Å²) in [5, 5.41) is 5.66. The SMILES string of the molecule is CNC(=O)CNC(=O)CN(C)Cc1cccc(Cl)c1. The molecule has 2 N–H and O–H groups in total. The van der Waals surface area contributed by atoms with Crippen molar-refractivity contribution >= 4 is 23.4 Å². The van der Waals surface area contributed by atoms with E-state index in [0.717, 1.165) is 5.56 Å². The number of hydrogen-bond acceptors (Lipinski definition) is 3. The van der Waals surface area contributed by atoms with Crippen LogP contribution in [0.15, 0.2) is 24.3 Å². The van der Waals surface area contributed by atoms with Crippen molar-refractivity contribution in [2.75, 3.05) is 27.2 Å². The number of benzene rings is 1. The van der Waals surface area contributed by atoms with Crippen LogP contribution in [0.2, 0.25) is 5.02 Å². The van der Waals surface area contributed by atoms with Gasteiger partial charge in [0, 0.05) is 18.6 Å². The van der Waals surface area contributed by atoms with Gasteiger partial charge in [-0.25, -0.2) is 0 Å². The number of hydrogen-bond donors (Lipinski definition) is 2. The van der Waals surface area contributed by atoms with Gasteiger partial charge >= 0.3 is 0 Å². The third-order valence-corrected chi connectivity index (χ3v) is 2.72. The summed E-state index contributed by atoms with van der Waals surface area (Å²) in [6, 6.07) is 7.49. The standard InChI is InChI=1S/C13H18ClN3O2/c1-15-12(18)7-16-13(19)9-17(2)8-10-4-3-5-11(14)6-10/h3-6H,7-9H2,1-2H3,(H,15,18)(H,16,19). The Labute approximate surface area is 117 Å². The number of nitrogens with one attached hydrogen (secondary N) is 2. The fraction of sp³-hybridized carbons (Fsp3) is 0.385. The molecule has 19 heavy (non-hydrogen) atoms. The zero-order valence-electron chi connectivity index (χ0n) is 11.1. The molecule has 0 aliphatic rings. The maximum atomic E-state index is 11.6. The Hall–Kier alpha value is -1.59. The number of halogens is 1. The van der Waals surface area contributed by atoms with Crippen molar-refractivity contribution in [2.45, 2.75) is 6.54 Å². The molecule has 0 spiro atoms. The van der Waals surface area contributed by atoms with E-state index in [4.69, 9.17) is 11.6 Å². The van der Waals surface area contributed by atoms with Crippen molar-refractivity contribution < 1.29 is 9.59 Å². The molecule has 0 atom stereocenters. The number of rotatable bonds is 6. The van der Waals surface area contributed by atoms with E-state index < -0.39 is 0 Å². The van der Waals surface area contributed by atoms with Crippen LogP contribution in [0.3, 0.4) is 0 Å². The van der Waals surface area contributed by atoms with Gasteiger partial charge in [-0.05, 0) is 24.7 Å². The summed E-state index contributed by atoms with van der Waals surface area (Å²) < 4.78 is 0. The van der Waals surface area contributed by atoms with Crippen LogP contribution in [0.25, 0.3) is 0 Å². The fourth-order valence-electron chi connectivity index (χ4n) is 1.57. The molecule has 0 aliphatic heterocycles. The Morgan fingerprint density at radius 2 is 2.05 bits per heavy atom. The molecule has 0 unspecified atom stereocenters. The third-order valence-electron chi connectivity index (χ3n) is 2.48. The molecule has 0 saturated carbocycles. The van der Waals surface area contributed by atoms with E-state index >= 15 is 0 Å². The monoisotopic (exact) mass is 283 g/mol. The van der Waals surface area contributed by atoms with E-state index in [1.54, 1.807) is 6.07 Å². The normalized spacial score (nSPS) is 10.3. The molecule has 104 valence electrons. The molecule has 2 amide bonds. The van der Waals surface area contributed by atoms with Crippen LogP contribution < -0.4 is 10.6 Å². The van der Waals surface area contributed by atoms with Gasteiger partial charge in [-0.1, -0.05) is 23.7 Å². The Balaban J connectivity index is 2.36. The summed E-state index contributed by atoms with van der Waals surface area (Å²) in [4.78, 5) is 24.4. The van der Waals surface area contributed by atoms with E-state index in [-0.39, 0.29) is 24.9 Å². The first-order valence-corrected chi connectivity index (χ1v) is 6.29. The minimum Gasteiger partial charge on any atom is -0.358 e. The maximum absolute atomic E-state index is 11.6. The lowest BCUT2D eigenvalue weighted by molar-refractivity contribution is -0.126. The Morgan fingerprint density at radius 1 is 1.32 bits per heavy atom. The smallest absolute Gasteiger partial charge is 0.239 e. The van der Waals surface area contributed by atoms with Gasteiger partial charge in [0.15, 0.2) is 0 Å². The van der Waals surface area contributed by atoms with Gasteiger partial charge in [-0.15, -0.1) is 0 Å². The first-order valence-electron chi connectivity index (χ1n) is 5.91. The fourth-order valence-corrected chi connectivity index (χ4v) is 1.78. The van der Waals surface area contributed by atoms with Gasteiger partial charge in [0.25, 0.3) is 0 Å². The second-order valence-corrected chi connectivity index (χ2v) is 4.69. The molecule has 0 saturated heterocycles. The summed E-state index contributed by atoms with van der Waals surface area (Å²) in [7, 11) is 3.36. The molecular formula is C13H18ClN3O2. The van der Waals surface area contributed by atoms with Crippen LogP contribution in [-0.4, -0.2) is 43.9 Å². The van der Waals surface area contributed by atoms with Crippen LogP contribution in [0.1, 0.15) is 5.56 Å². The number of amides is 2. The van der Waals surface area contributed by atoms with Gasteiger partial charge in [0.1, 0.15) is 0 Å². The van der Waals surface area contributed by atoms with Crippen molar-refractivity contribution in [3.63, 3.8) is 0 Å². The van der Waals surface area contributed by atoms with E-state index in [1.165, 1.54) is 7.05 Å². The second-order valence-electron chi connectivity index (χ2n) is 4.25. The average Bonchev–Trinajstić information content (AvgIpc) is 2.35. The highest BCUT2D eigenvalue weighted by Gasteiger charge is 2.08. The number of carbonyl (C=O) groups excluding carboxylic acids is 2. The number of likely N-dealkylation sites (N-methyl/N-ethyl adjacent to an activating group) is 2. The second kappa shape index (κ2) is 7.76. The van der Waals surface area contributed by atoms with Crippen LogP contribution in [-0.2, 0) is 16.1 Å². The molecule has 0 fully saturated rings. The van der Waals surface area contributed by atoms with Crippen molar-refractivity contribution in [1.82, 2.24) is 15.5 Å². The minimum atomic E-state index is -0.217. The highest BCUT2D eigenvalue weighted by Crippen LogP contribution is 2.11. The lowest BCUT2D eigenvalue weighted by Crippen LogP contribution is -2.40. The predicted octanol–water partition coefficient (Wildman–Crippen LogP) is 0.634. The van der Waals surface area contributed by atoms with E-state index in [0.29, 0.717) is 11.6 Å². The van der Waals surface area contributed by atoms with E-state index in [1.807, 2.05) is 30.1 Å². The zero-order chi connectivity index (χ0) is 14.3. The van der Waals surface area contributed by atoms with Crippen molar-refractivity contribution in [3.8, 4) is 0 Å². The van der Waals surface area contributed by atoms with Crippen LogP contribution in [0.5, 0.6) is 0 Å². The highest BCUT2D eigenvalue weighted by molar-refractivity contribution is 6.30. The van der Waals surface area contributed by atoms with Gasteiger partial charge < -0.3 is 10.6 Å². The Morgan fingerprint density at radius 3 is 2.68 bits per heavy atom. The van der Waals surface area contributed by atoms with Crippen molar-refractivity contribution in [3.05, 3.63) is 34.9 Å². The van der Waals surface area contributed by atoms with Crippen molar-refractivity contribution in [1.29, 1.82) is 0 Å². The summed E-state index contributed by atoms with van der Waals surface area (Å²) in [5.74, 6) is -0.404. The van der Waals surface area contributed by atoms with Gasteiger partial charge in [0.2, 0.25) is 11.8 Å². The molecule has 0 aromatic heterocycles. The van der Waals surface area contributed by atoms with Gasteiger partial charge in [-0.3, -0.25) is 14.5 Å². The zero-order valence-corrected chi connectivity index (χ0v) is 11.8. The van der Waals surface area contributed by atoms with Crippen LogP contribution in [0.4, 0.5) is 0 Å². The number of carbonyl (C=O) groups is 2. The van der Waals surface area contributed by atoms with Crippen LogP contribution >= 0.6 is 11.6 Å². The quantitative estimate of drug-likeness (QED) is 0.805. The third kappa shape index (κ3) is 6.22. The molecule has 5 nitrogen and oxygen atoms in total. The molecule has 1 aromatic rings. The maximum Gasteiger partial charge on any atom is 0.239 e. The molecule has 1 rings (SSSR count). The topological polar surface area (TPSA) is 61.4 Å². The van der Waals surface area contributed by atoms with E-state index in [9.17, 15) is 9.59 Å². The molecule has 6 heteroatoms. The lowest BCUT2D eigenvalue weighted by Gasteiger charge is -2.16. The molecule has 0 radical (unpaired) electrons. The van der Waals surface area contributed by atoms with Gasteiger partial charge in [0.05, 0.1) is 13.1 Å². The number of nitrogens with zero attached hydrogens (tertiary/aromatic N) is 1. The molecule has 0 bridgehead atoms. The first kappa shape index (κ1) is 15.5. The summed E-state index contributed by atoms with van der Waals surface area (Å²) in [6.07, 6.45) is 0. The summed E-state index contributed by atoms with van der Waals surface area (Å²) >= 11 is 5.89. The average molecular weight is 284 g/mol. The Bertz CT molecular complexity index is 451. The largest absolute Gasteiger partial charge is 0.358 e. The molecule has 1 aromatic carbocycles. The molecule has 0 aliphatic carbocycles. The summed E-state index contributed by atoms with van der Waals surface area (Å²) in [5.41, 5.74) is 1.04. The van der Waals surface area contributed by atoms with Crippen molar-refractivity contribution in [2.24, 2.45) is 0 Å².